The molecule has 0 fully saturated rings. The van der Waals surface area contributed by atoms with E-state index in [0.717, 1.165) is 0 Å². The van der Waals surface area contributed by atoms with Crippen LogP contribution in [0, 0.1) is 0 Å². The number of amides is 1. The molecule has 0 bridgehead atoms. The summed E-state index contributed by atoms with van der Waals surface area (Å²) < 4.78 is 38.8. The SMILES string of the molecule is O=C(Nc1cncnc1)OCC(F)(F)F. The number of halogens is 3. The molecule has 0 aliphatic heterocycles. The average molecular weight is 221 g/mol. The molecule has 5 nitrogen and oxygen atoms in total. The minimum absolute atomic E-state index is 0.157. The van der Waals surface area contributed by atoms with Gasteiger partial charge in [0.05, 0.1) is 18.1 Å². The molecular formula is C7H6F3N3O2. The number of ether oxygens (including phenoxy) is 1. The molecule has 0 aliphatic carbocycles. The van der Waals surface area contributed by atoms with E-state index in [0.29, 0.717) is 0 Å². The number of nitrogens with one attached hydrogen (secondary N) is 1. The number of nitrogens with zero attached hydrogens (tertiary/aromatic N) is 2. The lowest BCUT2D eigenvalue weighted by molar-refractivity contribution is -0.159. The summed E-state index contributed by atoms with van der Waals surface area (Å²) >= 11 is 0. The van der Waals surface area contributed by atoms with Crippen LogP contribution >= 0.6 is 0 Å². The van der Waals surface area contributed by atoms with Crippen molar-refractivity contribution in [3.8, 4) is 0 Å². The van der Waals surface area contributed by atoms with Gasteiger partial charge in [0, 0.05) is 0 Å². The molecule has 0 saturated heterocycles. The predicted molar refractivity (Wildman–Crippen MR) is 43.1 cm³/mol. The zero-order valence-corrected chi connectivity index (χ0v) is 7.28. The zero-order valence-electron chi connectivity index (χ0n) is 7.28. The van der Waals surface area contributed by atoms with E-state index >= 15 is 0 Å². The molecule has 0 spiro atoms. The third-order valence-electron chi connectivity index (χ3n) is 1.17. The van der Waals surface area contributed by atoms with E-state index in [1.54, 1.807) is 0 Å². The van der Waals surface area contributed by atoms with Crippen LogP contribution in [0.1, 0.15) is 0 Å². The highest BCUT2D eigenvalue weighted by atomic mass is 19.4. The third-order valence-corrected chi connectivity index (χ3v) is 1.17. The number of aromatic nitrogens is 2. The van der Waals surface area contributed by atoms with Gasteiger partial charge in [0.15, 0.2) is 6.61 Å². The first-order chi connectivity index (χ1) is 6.97. The van der Waals surface area contributed by atoms with Crippen LogP contribution in [0.3, 0.4) is 0 Å². The number of alkyl halides is 3. The van der Waals surface area contributed by atoms with E-state index in [-0.39, 0.29) is 5.69 Å². The van der Waals surface area contributed by atoms with Crippen molar-refractivity contribution >= 4 is 11.8 Å². The van der Waals surface area contributed by atoms with E-state index in [9.17, 15) is 18.0 Å². The monoisotopic (exact) mass is 221 g/mol. The molecule has 15 heavy (non-hydrogen) atoms. The second-order valence-corrected chi connectivity index (χ2v) is 2.44. The Morgan fingerprint density at radius 2 is 2.00 bits per heavy atom. The Labute approximate surface area is 82.3 Å². The number of carbonyl (C=O) groups excluding carboxylic acids is 1. The lowest BCUT2D eigenvalue weighted by atomic mass is 10.5. The number of anilines is 1. The third kappa shape index (κ3) is 4.79. The van der Waals surface area contributed by atoms with Gasteiger partial charge in [0.25, 0.3) is 0 Å². The van der Waals surface area contributed by atoms with Crippen molar-refractivity contribution in [2.75, 3.05) is 11.9 Å². The summed E-state index contributed by atoms with van der Waals surface area (Å²) in [5, 5.41) is 2.03. The van der Waals surface area contributed by atoms with Crippen molar-refractivity contribution in [3.63, 3.8) is 0 Å². The molecule has 82 valence electrons. The fourth-order valence-corrected chi connectivity index (χ4v) is 0.665. The van der Waals surface area contributed by atoms with Gasteiger partial charge < -0.3 is 4.74 Å². The zero-order chi connectivity index (χ0) is 11.3. The Kier molecular flexibility index (Phi) is 3.42. The molecule has 1 amide bonds. The van der Waals surface area contributed by atoms with E-state index < -0.39 is 18.9 Å². The summed E-state index contributed by atoms with van der Waals surface area (Å²) in [5.74, 6) is 0. The lowest BCUT2D eigenvalue weighted by Gasteiger charge is -2.08. The Balaban J connectivity index is 2.38. The maximum absolute atomic E-state index is 11.6. The number of hydrogen-bond acceptors (Lipinski definition) is 4. The molecule has 1 N–H and O–H groups in total. The lowest BCUT2D eigenvalue weighted by Crippen LogP contribution is -2.23. The highest BCUT2D eigenvalue weighted by Gasteiger charge is 2.29. The van der Waals surface area contributed by atoms with Crippen LogP contribution in [0.4, 0.5) is 23.7 Å². The van der Waals surface area contributed by atoms with Crippen LogP contribution < -0.4 is 5.32 Å². The minimum Gasteiger partial charge on any atom is -0.440 e. The molecule has 1 rings (SSSR count). The fraction of sp³-hybridized carbons (Fsp3) is 0.286. The van der Waals surface area contributed by atoms with Crippen LogP contribution in [0.25, 0.3) is 0 Å². The maximum atomic E-state index is 11.6. The Bertz CT molecular complexity index is 328. The van der Waals surface area contributed by atoms with E-state index in [1.807, 2.05) is 5.32 Å². The largest absolute Gasteiger partial charge is 0.440 e. The first-order valence-electron chi connectivity index (χ1n) is 3.73. The molecule has 1 aromatic rings. The molecule has 0 radical (unpaired) electrons. The predicted octanol–water partition coefficient (Wildman–Crippen LogP) is 1.59. The van der Waals surface area contributed by atoms with Crippen molar-refractivity contribution in [2.45, 2.75) is 6.18 Å². The molecule has 0 aliphatic rings. The quantitative estimate of drug-likeness (QED) is 0.823. The summed E-state index contributed by atoms with van der Waals surface area (Å²) in [5.41, 5.74) is 0.157. The average Bonchev–Trinajstić information content (AvgIpc) is 2.15. The number of carbonyl (C=O) groups is 1. The van der Waals surface area contributed by atoms with Crippen molar-refractivity contribution < 1.29 is 22.7 Å². The molecule has 1 heterocycles. The topological polar surface area (TPSA) is 64.1 Å². The highest BCUT2D eigenvalue weighted by Crippen LogP contribution is 2.14. The van der Waals surface area contributed by atoms with Crippen LogP contribution in [0.15, 0.2) is 18.7 Å². The van der Waals surface area contributed by atoms with Gasteiger partial charge in [0.1, 0.15) is 6.33 Å². The van der Waals surface area contributed by atoms with Gasteiger partial charge in [0.2, 0.25) is 0 Å². The molecule has 0 saturated carbocycles. The smallest absolute Gasteiger partial charge is 0.422 e. The van der Waals surface area contributed by atoms with E-state index in [1.165, 1.54) is 18.7 Å². The summed E-state index contributed by atoms with van der Waals surface area (Å²) in [6.07, 6.45) is -2.08. The molecule has 1 aromatic heterocycles. The second-order valence-electron chi connectivity index (χ2n) is 2.44. The number of hydrogen-bond donors (Lipinski definition) is 1. The van der Waals surface area contributed by atoms with Gasteiger partial charge in [-0.15, -0.1) is 0 Å². The first-order valence-corrected chi connectivity index (χ1v) is 3.73. The van der Waals surface area contributed by atoms with Crippen LogP contribution in [0.5, 0.6) is 0 Å². The molecule has 0 aromatic carbocycles. The second kappa shape index (κ2) is 4.58. The van der Waals surface area contributed by atoms with Gasteiger partial charge in [-0.2, -0.15) is 13.2 Å². The minimum atomic E-state index is -4.54. The Morgan fingerprint density at radius 1 is 1.40 bits per heavy atom. The molecule has 8 heteroatoms. The highest BCUT2D eigenvalue weighted by molar-refractivity contribution is 5.83. The first kappa shape index (κ1) is 11.2. The summed E-state index contributed by atoms with van der Waals surface area (Å²) in [6.45, 7) is -1.63. The van der Waals surface area contributed by atoms with E-state index in [4.69, 9.17) is 0 Å². The standard InChI is InChI=1S/C7H6F3N3O2/c8-7(9,10)3-15-6(14)13-5-1-11-4-12-2-5/h1-2,4H,3H2,(H,13,14). The van der Waals surface area contributed by atoms with Crippen LogP contribution in [0.2, 0.25) is 0 Å². The fourth-order valence-electron chi connectivity index (χ4n) is 0.665. The summed E-state index contributed by atoms with van der Waals surface area (Å²) in [6, 6.07) is 0. The Hall–Kier alpha value is -1.86. The van der Waals surface area contributed by atoms with Gasteiger partial charge in [-0.3, -0.25) is 5.32 Å². The molecule has 0 atom stereocenters. The van der Waals surface area contributed by atoms with Crippen molar-refractivity contribution in [1.82, 2.24) is 9.97 Å². The van der Waals surface area contributed by atoms with Crippen molar-refractivity contribution in [1.29, 1.82) is 0 Å². The van der Waals surface area contributed by atoms with Gasteiger partial charge in [-0.05, 0) is 0 Å². The number of rotatable bonds is 2. The van der Waals surface area contributed by atoms with Crippen molar-refractivity contribution in [2.24, 2.45) is 0 Å². The van der Waals surface area contributed by atoms with Crippen LogP contribution in [-0.2, 0) is 4.74 Å². The summed E-state index contributed by atoms with van der Waals surface area (Å²) in [4.78, 5) is 17.9. The van der Waals surface area contributed by atoms with Gasteiger partial charge in [-0.1, -0.05) is 0 Å². The maximum Gasteiger partial charge on any atom is 0.422 e. The van der Waals surface area contributed by atoms with Crippen LogP contribution in [-0.4, -0.2) is 28.8 Å². The van der Waals surface area contributed by atoms with Gasteiger partial charge in [-0.25, -0.2) is 14.8 Å². The molecular weight excluding hydrogens is 215 g/mol. The molecule has 0 unspecified atom stereocenters. The Morgan fingerprint density at radius 3 is 2.53 bits per heavy atom. The van der Waals surface area contributed by atoms with E-state index in [2.05, 4.69) is 14.7 Å². The summed E-state index contributed by atoms with van der Waals surface area (Å²) in [7, 11) is 0. The normalized spacial score (nSPS) is 10.9. The van der Waals surface area contributed by atoms with Crippen molar-refractivity contribution in [3.05, 3.63) is 18.7 Å². The van der Waals surface area contributed by atoms with Gasteiger partial charge >= 0.3 is 12.3 Å².